The first-order valence-electron chi connectivity index (χ1n) is 12.1. The van der Waals surface area contributed by atoms with Crippen molar-refractivity contribution in [3.05, 3.63) is 83.4 Å². The van der Waals surface area contributed by atoms with Crippen LogP contribution >= 0.6 is 0 Å². The van der Waals surface area contributed by atoms with E-state index in [2.05, 4.69) is 0 Å². The van der Waals surface area contributed by atoms with Crippen LogP contribution in [0.5, 0.6) is 11.5 Å². The molecule has 0 saturated carbocycles. The lowest BCUT2D eigenvalue weighted by molar-refractivity contribution is -0.133. The molecule has 10 heteroatoms. The van der Waals surface area contributed by atoms with Crippen LogP contribution in [0.4, 0.5) is 4.39 Å². The zero-order valence-corrected chi connectivity index (χ0v) is 21.9. The molecule has 4 rings (SSSR count). The van der Waals surface area contributed by atoms with Crippen molar-refractivity contribution >= 4 is 17.5 Å². The van der Waals surface area contributed by atoms with Gasteiger partial charge in [-0.3, -0.25) is 9.59 Å². The molecule has 38 heavy (non-hydrogen) atoms. The SMILES string of the molecule is COCCN(CC(=O)N1N=C(c2cccn2C)CC1c1cc(OC)ccc1OC)C(=O)c1ccccc1F. The van der Waals surface area contributed by atoms with Gasteiger partial charge in [0.1, 0.15) is 23.9 Å². The van der Waals surface area contributed by atoms with E-state index >= 15 is 0 Å². The van der Waals surface area contributed by atoms with Gasteiger partial charge in [0.2, 0.25) is 0 Å². The van der Waals surface area contributed by atoms with Gasteiger partial charge in [-0.1, -0.05) is 12.1 Å². The Hall–Kier alpha value is -4.18. The lowest BCUT2D eigenvalue weighted by atomic mass is 9.99. The maximum atomic E-state index is 14.4. The highest BCUT2D eigenvalue weighted by atomic mass is 19.1. The molecule has 0 N–H and O–H groups in total. The lowest BCUT2D eigenvalue weighted by Crippen LogP contribution is -2.43. The van der Waals surface area contributed by atoms with Crippen LogP contribution in [0.2, 0.25) is 0 Å². The second-order valence-corrected chi connectivity index (χ2v) is 8.82. The van der Waals surface area contributed by atoms with E-state index in [0.29, 0.717) is 23.6 Å². The summed E-state index contributed by atoms with van der Waals surface area (Å²) >= 11 is 0. The van der Waals surface area contributed by atoms with Crippen molar-refractivity contribution in [1.82, 2.24) is 14.5 Å². The van der Waals surface area contributed by atoms with Crippen LogP contribution in [0.3, 0.4) is 0 Å². The van der Waals surface area contributed by atoms with Crippen molar-refractivity contribution in [2.45, 2.75) is 12.5 Å². The average molecular weight is 523 g/mol. The third-order valence-corrected chi connectivity index (χ3v) is 6.48. The molecule has 9 nitrogen and oxygen atoms in total. The van der Waals surface area contributed by atoms with E-state index in [0.717, 1.165) is 11.3 Å². The molecule has 2 aromatic carbocycles. The molecule has 2 amide bonds. The molecule has 3 aromatic rings. The molecule has 1 unspecified atom stereocenters. The summed E-state index contributed by atoms with van der Waals surface area (Å²) in [6.07, 6.45) is 2.33. The van der Waals surface area contributed by atoms with Gasteiger partial charge in [0.05, 0.1) is 43.8 Å². The number of methoxy groups -OCH3 is 3. The fourth-order valence-electron chi connectivity index (χ4n) is 4.49. The second-order valence-electron chi connectivity index (χ2n) is 8.82. The van der Waals surface area contributed by atoms with Gasteiger partial charge >= 0.3 is 0 Å². The summed E-state index contributed by atoms with van der Waals surface area (Å²) in [7, 11) is 6.53. The normalized spacial score (nSPS) is 14.8. The summed E-state index contributed by atoms with van der Waals surface area (Å²) < 4.78 is 32.5. The van der Waals surface area contributed by atoms with Crippen LogP contribution in [-0.4, -0.2) is 73.0 Å². The van der Waals surface area contributed by atoms with Gasteiger partial charge in [-0.2, -0.15) is 5.10 Å². The smallest absolute Gasteiger partial charge is 0.262 e. The Balaban J connectivity index is 1.70. The largest absolute Gasteiger partial charge is 0.497 e. The van der Waals surface area contributed by atoms with Crippen molar-refractivity contribution in [3.63, 3.8) is 0 Å². The molecule has 1 atom stereocenters. The number of carbonyl (C=O) groups excluding carboxylic acids is 2. The molecule has 0 fully saturated rings. The molecular formula is C28H31FN4O5. The predicted octanol–water partition coefficient (Wildman–Crippen LogP) is 3.65. The zero-order valence-electron chi connectivity index (χ0n) is 21.9. The van der Waals surface area contributed by atoms with Gasteiger partial charge in [0, 0.05) is 38.9 Å². The Labute approximate surface area is 221 Å². The Morgan fingerprint density at radius 1 is 1.08 bits per heavy atom. The molecule has 2 heterocycles. The van der Waals surface area contributed by atoms with Gasteiger partial charge in [-0.25, -0.2) is 9.40 Å². The minimum absolute atomic E-state index is 0.102. The molecule has 1 aliphatic rings. The number of aromatic nitrogens is 1. The third kappa shape index (κ3) is 5.55. The summed E-state index contributed by atoms with van der Waals surface area (Å²) in [6.45, 7) is -0.0352. The monoisotopic (exact) mass is 522 g/mol. The Bertz CT molecular complexity index is 1340. The zero-order chi connectivity index (χ0) is 27.2. The van der Waals surface area contributed by atoms with E-state index in [1.807, 2.05) is 36.0 Å². The molecule has 0 spiro atoms. The molecule has 0 bridgehead atoms. The third-order valence-electron chi connectivity index (χ3n) is 6.48. The Kier molecular flexibility index (Phi) is 8.42. The molecular weight excluding hydrogens is 491 g/mol. The van der Waals surface area contributed by atoms with Gasteiger partial charge in [0.25, 0.3) is 11.8 Å². The number of ether oxygens (including phenoxy) is 3. The summed E-state index contributed by atoms with van der Waals surface area (Å²) in [5.41, 5.74) is 2.18. The number of amides is 2. The van der Waals surface area contributed by atoms with Crippen molar-refractivity contribution in [2.24, 2.45) is 12.1 Å². The van der Waals surface area contributed by atoms with Crippen LogP contribution in [0, 0.1) is 5.82 Å². The number of rotatable bonds is 10. The standard InChI is InChI=1S/C28H31FN4O5/c1-31-13-7-10-24(31)23-17-25(21-16-19(37-3)11-12-26(21)38-4)33(30-23)27(34)18-32(14-15-36-2)28(35)20-8-5-6-9-22(20)29/h5-13,16,25H,14-15,17-18H2,1-4H3. The first kappa shape index (κ1) is 26.9. The van der Waals surface area contributed by atoms with Crippen molar-refractivity contribution in [3.8, 4) is 11.5 Å². The van der Waals surface area contributed by atoms with Crippen molar-refractivity contribution in [2.75, 3.05) is 41.0 Å². The van der Waals surface area contributed by atoms with Crippen LogP contribution in [0.1, 0.15) is 34.1 Å². The molecule has 1 aromatic heterocycles. The first-order valence-corrected chi connectivity index (χ1v) is 12.1. The number of hydrazone groups is 1. The molecule has 0 aliphatic carbocycles. The topological polar surface area (TPSA) is 85.6 Å². The maximum absolute atomic E-state index is 14.4. The Morgan fingerprint density at radius 2 is 1.87 bits per heavy atom. The number of halogens is 1. The number of carbonyl (C=O) groups is 2. The summed E-state index contributed by atoms with van der Waals surface area (Å²) in [5.74, 6) is -0.496. The number of hydrogen-bond donors (Lipinski definition) is 0. The van der Waals surface area contributed by atoms with E-state index in [1.54, 1.807) is 32.4 Å². The molecule has 200 valence electrons. The summed E-state index contributed by atoms with van der Waals surface area (Å²) in [4.78, 5) is 28.3. The van der Waals surface area contributed by atoms with E-state index in [4.69, 9.17) is 19.3 Å². The van der Waals surface area contributed by atoms with E-state index in [1.165, 1.54) is 35.2 Å². The van der Waals surface area contributed by atoms with Gasteiger partial charge in [0.15, 0.2) is 0 Å². The number of nitrogens with zero attached hydrogens (tertiary/aromatic N) is 4. The molecule has 1 aliphatic heterocycles. The van der Waals surface area contributed by atoms with Crippen LogP contribution in [0.15, 0.2) is 65.9 Å². The average Bonchev–Trinajstić information content (AvgIpc) is 3.56. The fraction of sp³-hybridized carbons (Fsp3) is 0.321. The number of aryl methyl sites for hydroxylation is 1. The summed E-state index contributed by atoms with van der Waals surface area (Å²) in [5, 5.41) is 6.09. The highest BCUT2D eigenvalue weighted by Gasteiger charge is 2.37. The highest BCUT2D eigenvalue weighted by Crippen LogP contribution is 2.39. The van der Waals surface area contributed by atoms with Crippen LogP contribution < -0.4 is 9.47 Å². The second kappa shape index (κ2) is 11.9. The van der Waals surface area contributed by atoms with E-state index in [-0.39, 0.29) is 25.3 Å². The van der Waals surface area contributed by atoms with Gasteiger partial charge in [-0.15, -0.1) is 0 Å². The quantitative estimate of drug-likeness (QED) is 0.406. The minimum atomic E-state index is -0.656. The fourth-order valence-corrected chi connectivity index (χ4v) is 4.49. The lowest BCUT2D eigenvalue weighted by Gasteiger charge is -2.28. The maximum Gasteiger partial charge on any atom is 0.262 e. The minimum Gasteiger partial charge on any atom is -0.497 e. The predicted molar refractivity (Wildman–Crippen MR) is 140 cm³/mol. The molecule has 0 radical (unpaired) electrons. The van der Waals surface area contributed by atoms with Crippen LogP contribution in [0.25, 0.3) is 0 Å². The Morgan fingerprint density at radius 3 is 2.53 bits per heavy atom. The molecule has 0 saturated heterocycles. The van der Waals surface area contributed by atoms with E-state index in [9.17, 15) is 14.0 Å². The first-order chi connectivity index (χ1) is 18.4. The summed E-state index contributed by atoms with van der Waals surface area (Å²) in [6, 6.07) is 14.4. The van der Waals surface area contributed by atoms with E-state index < -0.39 is 23.7 Å². The van der Waals surface area contributed by atoms with Gasteiger partial charge in [-0.05, 0) is 42.5 Å². The van der Waals surface area contributed by atoms with Crippen LogP contribution in [-0.2, 0) is 16.6 Å². The van der Waals surface area contributed by atoms with Crippen molar-refractivity contribution < 1.29 is 28.2 Å². The highest BCUT2D eigenvalue weighted by molar-refractivity contribution is 6.03. The number of benzene rings is 2. The van der Waals surface area contributed by atoms with Crippen molar-refractivity contribution in [1.29, 1.82) is 0 Å². The number of hydrogen-bond acceptors (Lipinski definition) is 6. The van der Waals surface area contributed by atoms with Gasteiger partial charge < -0.3 is 23.7 Å².